The molecule has 0 fully saturated rings. The summed E-state index contributed by atoms with van der Waals surface area (Å²) in [4.78, 5) is 5.02. The van der Waals surface area contributed by atoms with E-state index in [-0.39, 0.29) is 6.04 Å². The maximum absolute atomic E-state index is 5.02. The van der Waals surface area contributed by atoms with Crippen molar-refractivity contribution in [1.82, 2.24) is 10.3 Å². The first kappa shape index (κ1) is 20.8. The normalized spacial score (nSPS) is 14.7. The molecule has 28 heavy (non-hydrogen) atoms. The second-order valence-electron chi connectivity index (χ2n) is 7.37. The van der Waals surface area contributed by atoms with Crippen molar-refractivity contribution in [2.24, 2.45) is 0 Å². The summed E-state index contributed by atoms with van der Waals surface area (Å²) in [6.45, 7) is 5.50. The fourth-order valence-corrected chi connectivity index (χ4v) is 4.26. The van der Waals surface area contributed by atoms with E-state index in [0.717, 1.165) is 23.7 Å². The summed E-state index contributed by atoms with van der Waals surface area (Å²) < 4.78 is 0. The van der Waals surface area contributed by atoms with Gasteiger partial charge >= 0.3 is 0 Å². The van der Waals surface area contributed by atoms with Gasteiger partial charge in [-0.3, -0.25) is 0 Å². The van der Waals surface area contributed by atoms with Crippen molar-refractivity contribution in [3.8, 4) is 0 Å². The van der Waals surface area contributed by atoms with Crippen LogP contribution in [-0.2, 0) is 6.42 Å². The van der Waals surface area contributed by atoms with Crippen LogP contribution in [0.5, 0.6) is 0 Å². The Morgan fingerprint density at radius 1 is 1.04 bits per heavy atom. The van der Waals surface area contributed by atoms with Gasteiger partial charge in [0.1, 0.15) is 5.01 Å². The van der Waals surface area contributed by atoms with Gasteiger partial charge in [0.15, 0.2) is 0 Å². The summed E-state index contributed by atoms with van der Waals surface area (Å²) in [6, 6.07) is 9.30. The van der Waals surface area contributed by atoms with Crippen LogP contribution in [0.15, 0.2) is 60.0 Å². The molecule has 0 spiro atoms. The number of allylic oxidation sites excluding steroid dienone is 6. The predicted octanol–water partition coefficient (Wildman–Crippen LogP) is 6.86. The Hall–Kier alpha value is -1.97. The topological polar surface area (TPSA) is 24.9 Å². The van der Waals surface area contributed by atoms with E-state index >= 15 is 0 Å². The lowest BCUT2D eigenvalue weighted by molar-refractivity contribution is 0.570. The maximum Gasteiger partial charge on any atom is 0.119 e. The van der Waals surface area contributed by atoms with Crippen molar-refractivity contribution in [3.63, 3.8) is 0 Å². The average molecular weight is 393 g/mol. The lowest BCUT2D eigenvalue weighted by atomic mass is 10.0. The molecule has 0 amide bonds. The third kappa shape index (κ3) is 5.76. The lowest BCUT2D eigenvalue weighted by Gasteiger charge is -2.18. The standard InChI is InChI=1S/C25H32N2S/c1-3-5-11-20-14-16-21(17-15-20)24(26-18-6-4-2)23-19-28-25(27-23)22-12-9-7-8-10-13-22/h7-10,12,14-17,19,24,26H,3-6,11,13,18H2,1-2H3. The second-order valence-corrected chi connectivity index (χ2v) is 8.23. The van der Waals surface area contributed by atoms with Crippen molar-refractivity contribution < 1.29 is 0 Å². The Kier molecular flexibility index (Phi) is 8.25. The highest BCUT2D eigenvalue weighted by Crippen LogP contribution is 2.29. The van der Waals surface area contributed by atoms with E-state index in [2.05, 4.69) is 79.2 Å². The van der Waals surface area contributed by atoms with Crippen LogP contribution in [0.1, 0.15) is 73.8 Å². The van der Waals surface area contributed by atoms with Gasteiger partial charge in [-0.1, -0.05) is 81.3 Å². The highest BCUT2D eigenvalue weighted by atomic mass is 32.1. The zero-order chi connectivity index (χ0) is 19.6. The lowest BCUT2D eigenvalue weighted by Crippen LogP contribution is -2.23. The Balaban J connectivity index is 1.80. The van der Waals surface area contributed by atoms with Crippen LogP contribution in [0.3, 0.4) is 0 Å². The number of nitrogens with zero attached hydrogens (tertiary/aromatic N) is 1. The number of unbranched alkanes of at least 4 members (excludes halogenated alkanes) is 2. The molecule has 1 aliphatic carbocycles. The molecule has 1 atom stereocenters. The minimum Gasteiger partial charge on any atom is -0.305 e. The molecule has 1 unspecified atom stereocenters. The average Bonchev–Trinajstić information content (AvgIpc) is 3.05. The largest absolute Gasteiger partial charge is 0.305 e. The molecule has 1 N–H and O–H groups in total. The molecular formula is C25H32N2S. The van der Waals surface area contributed by atoms with E-state index < -0.39 is 0 Å². The number of aromatic nitrogens is 1. The minimum absolute atomic E-state index is 0.161. The van der Waals surface area contributed by atoms with Crippen LogP contribution in [0, 0.1) is 0 Å². The molecule has 0 bridgehead atoms. The van der Waals surface area contributed by atoms with E-state index in [4.69, 9.17) is 4.98 Å². The second kappa shape index (κ2) is 11.1. The highest BCUT2D eigenvalue weighted by Gasteiger charge is 2.18. The van der Waals surface area contributed by atoms with E-state index in [9.17, 15) is 0 Å². The summed E-state index contributed by atoms with van der Waals surface area (Å²) >= 11 is 1.75. The molecule has 0 aliphatic heterocycles. The number of rotatable bonds is 10. The van der Waals surface area contributed by atoms with E-state index in [0.29, 0.717) is 0 Å². The van der Waals surface area contributed by atoms with Gasteiger partial charge in [0, 0.05) is 5.38 Å². The first-order valence-corrected chi connectivity index (χ1v) is 11.5. The molecule has 1 aromatic heterocycles. The van der Waals surface area contributed by atoms with Gasteiger partial charge in [-0.15, -0.1) is 11.3 Å². The van der Waals surface area contributed by atoms with E-state index in [1.807, 2.05) is 0 Å². The third-order valence-electron chi connectivity index (χ3n) is 5.10. The summed E-state index contributed by atoms with van der Waals surface area (Å²) in [5, 5.41) is 7.10. The molecule has 0 saturated heterocycles. The Labute approximate surface area is 174 Å². The molecule has 2 aromatic rings. The summed E-state index contributed by atoms with van der Waals surface area (Å²) in [7, 11) is 0. The molecule has 3 rings (SSSR count). The SMILES string of the molecule is CCCCNC(c1ccc(CCCC)cc1)c1csc(C2=CC=CC=CC2)n1. The number of hydrogen-bond acceptors (Lipinski definition) is 3. The highest BCUT2D eigenvalue weighted by molar-refractivity contribution is 7.10. The van der Waals surface area contributed by atoms with Gasteiger partial charge in [0.2, 0.25) is 0 Å². The molecule has 0 saturated carbocycles. The predicted molar refractivity (Wildman–Crippen MR) is 123 cm³/mol. The van der Waals surface area contributed by atoms with E-state index in [1.165, 1.54) is 48.8 Å². The van der Waals surface area contributed by atoms with Crippen molar-refractivity contribution in [1.29, 1.82) is 0 Å². The summed E-state index contributed by atoms with van der Waals surface area (Å²) in [5.74, 6) is 0. The van der Waals surface area contributed by atoms with Crippen molar-refractivity contribution in [3.05, 3.63) is 81.9 Å². The smallest absolute Gasteiger partial charge is 0.119 e. The fraction of sp³-hybridized carbons (Fsp3) is 0.400. The molecular weight excluding hydrogens is 360 g/mol. The third-order valence-corrected chi connectivity index (χ3v) is 6.03. The minimum atomic E-state index is 0.161. The van der Waals surface area contributed by atoms with Crippen molar-refractivity contribution in [2.45, 2.75) is 58.4 Å². The van der Waals surface area contributed by atoms with Crippen LogP contribution in [0.4, 0.5) is 0 Å². The van der Waals surface area contributed by atoms with Gasteiger partial charge in [0.25, 0.3) is 0 Å². The monoisotopic (exact) mass is 392 g/mol. The van der Waals surface area contributed by atoms with Gasteiger partial charge in [-0.25, -0.2) is 4.98 Å². The van der Waals surface area contributed by atoms with Crippen molar-refractivity contribution in [2.75, 3.05) is 6.54 Å². The molecule has 1 aromatic carbocycles. The Morgan fingerprint density at radius 2 is 1.86 bits per heavy atom. The summed E-state index contributed by atoms with van der Waals surface area (Å²) in [5.41, 5.74) is 5.17. The van der Waals surface area contributed by atoms with E-state index in [1.54, 1.807) is 11.3 Å². The fourth-order valence-electron chi connectivity index (χ4n) is 3.38. The zero-order valence-corrected chi connectivity index (χ0v) is 18.0. The number of hydrogen-bond donors (Lipinski definition) is 1. The summed E-state index contributed by atoms with van der Waals surface area (Å²) in [6.07, 6.45) is 17.7. The molecule has 3 heteroatoms. The molecule has 1 aliphatic rings. The quantitative estimate of drug-likeness (QED) is 0.447. The number of aryl methyl sites for hydroxylation is 1. The van der Waals surface area contributed by atoms with Crippen LogP contribution >= 0.6 is 11.3 Å². The Morgan fingerprint density at radius 3 is 2.64 bits per heavy atom. The zero-order valence-electron chi connectivity index (χ0n) is 17.2. The first-order chi connectivity index (χ1) is 13.8. The number of benzene rings is 1. The maximum atomic E-state index is 5.02. The Bertz CT molecular complexity index is 811. The van der Waals surface area contributed by atoms with Crippen molar-refractivity contribution >= 4 is 16.9 Å². The van der Waals surface area contributed by atoms with Gasteiger partial charge in [0.05, 0.1) is 11.7 Å². The van der Waals surface area contributed by atoms with Gasteiger partial charge < -0.3 is 5.32 Å². The van der Waals surface area contributed by atoms with Gasteiger partial charge in [-0.05, 0) is 48.9 Å². The number of thiazole rings is 1. The molecule has 148 valence electrons. The first-order valence-electron chi connectivity index (χ1n) is 10.6. The van der Waals surface area contributed by atoms with Crippen LogP contribution in [-0.4, -0.2) is 11.5 Å². The van der Waals surface area contributed by atoms with Crippen LogP contribution in [0.25, 0.3) is 5.57 Å². The van der Waals surface area contributed by atoms with Gasteiger partial charge in [-0.2, -0.15) is 0 Å². The number of nitrogens with one attached hydrogen (secondary N) is 1. The molecule has 0 radical (unpaired) electrons. The van der Waals surface area contributed by atoms with Crippen LogP contribution < -0.4 is 5.32 Å². The molecule has 1 heterocycles. The van der Waals surface area contributed by atoms with Crippen LogP contribution in [0.2, 0.25) is 0 Å². The molecule has 2 nitrogen and oxygen atoms in total.